The summed E-state index contributed by atoms with van der Waals surface area (Å²) >= 11 is 0. The van der Waals surface area contributed by atoms with Gasteiger partial charge in [-0.25, -0.2) is 0 Å². The van der Waals surface area contributed by atoms with E-state index in [-0.39, 0.29) is 24.2 Å². The van der Waals surface area contributed by atoms with Gasteiger partial charge in [0.1, 0.15) is 6.10 Å². The van der Waals surface area contributed by atoms with Crippen molar-refractivity contribution in [3.05, 3.63) is 0 Å². The van der Waals surface area contributed by atoms with Crippen LogP contribution >= 0.6 is 0 Å². The number of carbonyl (C=O) groups excluding carboxylic acids is 1. The molecule has 2 N–H and O–H groups in total. The number of nitrogens with zero attached hydrogens (tertiary/aromatic N) is 1. The molecular weight excluding hydrogens is 216 g/mol. The van der Waals surface area contributed by atoms with Gasteiger partial charge in [-0.2, -0.15) is 0 Å². The molecule has 2 fully saturated rings. The molecule has 0 saturated carbocycles. The number of piperidine rings is 1. The van der Waals surface area contributed by atoms with E-state index in [2.05, 4.69) is 6.92 Å². The van der Waals surface area contributed by atoms with Crippen LogP contribution in [0.2, 0.25) is 0 Å². The second-order valence-electron chi connectivity index (χ2n) is 5.43. The van der Waals surface area contributed by atoms with Crippen LogP contribution in [0, 0.1) is 0 Å². The van der Waals surface area contributed by atoms with Crippen molar-refractivity contribution >= 4 is 5.91 Å². The SMILES string of the molecule is CC1CCC(C(=O)N2C(C)CCCC2CN)O1. The van der Waals surface area contributed by atoms with E-state index in [1.54, 1.807) is 0 Å². The lowest BCUT2D eigenvalue weighted by molar-refractivity contribution is -0.149. The van der Waals surface area contributed by atoms with Crippen LogP contribution in [0.4, 0.5) is 0 Å². The van der Waals surface area contributed by atoms with Gasteiger partial charge in [-0.15, -0.1) is 0 Å². The Hall–Kier alpha value is -0.610. The average Bonchev–Trinajstić information content (AvgIpc) is 2.74. The highest BCUT2D eigenvalue weighted by atomic mass is 16.5. The van der Waals surface area contributed by atoms with Gasteiger partial charge in [0.05, 0.1) is 6.10 Å². The normalized spacial score (nSPS) is 38.4. The van der Waals surface area contributed by atoms with Crippen molar-refractivity contribution in [3.8, 4) is 0 Å². The van der Waals surface area contributed by atoms with Crippen LogP contribution in [-0.2, 0) is 9.53 Å². The molecule has 17 heavy (non-hydrogen) atoms. The lowest BCUT2D eigenvalue weighted by Crippen LogP contribution is -2.54. The highest BCUT2D eigenvalue weighted by molar-refractivity contribution is 5.82. The summed E-state index contributed by atoms with van der Waals surface area (Å²) in [5.74, 6) is 0.164. The molecule has 0 aliphatic carbocycles. The summed E-state index contributed by atoms with van der Waals surface area (Å²) in [4.78, 5) is 14.5. The van der Waals surface area contributed by atoms with Crippen LogP contribution in [0.1, 0.15) is 46.0 Å². The van der Waals surface area contributed by atoms with Gasteiger partial charge in [0.2, 0.25) is 0 Å². The Balaban J connectivity index is 2.04. The minimum absolute atomic E-state index is 0.164. The molecule has 0 radical (unpaired) electrons. The first kappa shape index (κ1) is 12.8. The Morgan fingerprint density at radius 2 is 2.06 bits per heavy atom. The van der Waals surface area contributed by atoms with Crippen LogP contribution in [0.3, 0.4) is 0 Å². The molecule has 4 unspecified atom stereocenters. The van der Waals surface area contributed by atoms with E-state index in [1.165, 1.54) is 6.42 Å². The maximum absolute atomic E-state index is 12.5. The van der Waals surface area contributed by atoms with Gasteiger partial charge in [0.15, 0.2) is 0 Å². The fourth-order valence-electron chi connectivity index (χ4n) is 3.07. The summed E-state index contributed by atoms with van der Waals surface area (Å²) in [6, 6.07) is 0.523. The van der Waals surface area contributed by atoms with Crippen molar-refractivity contribution in [1.82, 2.24) is 4.90 Å². The van der Waals surface area contributed by atoms with E-state index < -0.39 is 0 Å². The predicted molar refractivity (Wildman–Crippen MR) is 66.6 cm³/mol. The molecule has 2 saturated heterocycles. The number of amides is 1. The fraction of sp³-hybridized carbons (Fsp3) is 0.923. The number of rotatable bonds is 2. The largest absolute Gasteiger partial charge is 0.365 e. The van der Waals surface area contributed by atoms with Gasteiger partial charge in [-0.05, 0) is 46.0 Å². The number of ether oxygens (including phenoxy) is 1. The van der Waals surface area contributed by atoms with Gasteiger partial charge >= 0.3 is 0 Å². The van der Waals surface area contributed by atoms with E-state index >= 15 is 0 Å². The second-order valence-corrected chi connectivity index (χ2v) is 5.43. The van der Waals surface area contributed by atoms with Gasteiger partial charge in [0, 0.05) is 18.6 Å². The van der Waals surface area contributed by atoms with Gasteiger partial charge in [-0.3, -0.25) is 4.79 Å². The molecular formula is C13H24N2O2. The van der Waals surface area contributed by atoms with Crippen LogP contribution < -0.4 is 5.73 Å². The molecule has 98 valence electrons. The van der Waals surface area contributed by atoms with Crippen molar-refractivity contribution in [2.45, 2.75) is 70.2 Å². The summed E-state index contributed by atoms with van der Waals surface area (Å²) in [7, 11) is 0. The first-order chi connectivity index (χ1) is 8.13. The number of carbonyl (C=O) groups is 1. The van der Waals surface area contributed by atoms with E-state index in [4.69, 9.17) is 10.5 Å². The number of hydrogen-bond donors (Lipinski definition) is 1. The van der Waals surface area contributed by atoms with Crippen molar-refractivity contribution in [3.63, 3.8) is 0 Å². The predicted octanol–water partition coefficient (Wildman–Crippen LogP) is 1.28. The van der Waals surface area contributed by atoms with Crippen molar-refractivity contribution in [1.29, 1.82) is 0 Å². The molecule has 0 aromatic heterocycles. The number of nitrogens with two attached hydrogens (primary N) is 1. The van der Waals surface area contributed by atoms with Crippen molar-refractivity contribution < 1.29 is 9.53 Å². The molecule has 2 aliphatic heterocycles. The molecule has 1 amide bonds. The lowest BCUT2D eigenvalue weighted by atomic mass is 9.95. The monoisotopic (exact) mass is 240 g/mol. The minimum Gasteiger partial charge on any atom is -0.365 e. The first-order valence-electron chi connectivity index (χ1n) is 6.81. The van der Waals surface area contributed by atoms with E-state index in [0.717, 1.165) is 25.7 Å². The van der Waals surface area contributed by atoms with Gasteiger partial charge in [0.25, 0.3) is 5.91 Å². The van der Waals surface area contributed by atoms with Gasteiger partial charge in [-0.1, -0.05) is 0 Å². The zero-order valence-electron chi connectivity index (χ0n) is 10.9. The standard InChI is InChI=1S/C13H24N2O2/c1-9-4-3-5-11(8-14)15(9)13(16)12-7-6-10(2)17-12/h9-12H,3-8,14H2,1-2H3. The Morgan fingerprint density at radius 1 is 1.29 bits per heavy atom. The second kappa shape index (κ2) is 5.36. The smallest absolute Gasteiger partial charge is 0.252 e. The topological polar surface area (TPSA) is 55.6 Å². The Morgan fingerprint density at radius 3 is 2.65 bits per heavy atom. The molecule has 0 bridgehead atoms. The molecule has 4 atom stereocenters. The van der Waals surface area contributed by atoms with Crippen LogP contribution in [0.15, 0.2) is 0 Å². The molecule has 0 aromatic carbocycles. The Labute approximate surface area is 103 Å². The van der Waals surface area contributed by atoms with Crippen molar-refractivity contribution in [2.24, 2.45) is 5.73 Å². The summed E-state index contributed by atoms with van der Waals surface area (Å²) in [5.41, 5.74) is 5.78. The number of hydrogen-bond acceptors (Lipinski definition) is 3. The molecule has 2 aliphatic rings. The van der Waals surface area contributed by atoms with Crippen LogP contribution in [0.5, 0.6) is 0 Å². The summed E-state index contributed by atoms with van der Waals surface area (Å²) < 4.78 is 5.69. The van der Waals surface area contributed by atoms with E-state index in [1.807, 2.05) is 11.8 Å². The fourth-order valence-corrected chi connectivity index (χ4v) is 3.07. The molecule has 0 aromatic rings. The molecule has 0 spiro atoms. The highest BCUT2D eigenvalue weighted by Crippen LogP contribution is 2.27. The molecule has 2 rings (SSSR count). The molecule has 4 heteroatoms. The summed E-state index contributed by atoms with van der Waals surface area (Å²) in [5, 5.41) is 0. The molecule has 2 heterocycles. The Bertz CT molecular complexity index is 283. The average molecular weight is 240 g/mol. The molecule has 4 nitrogen and oxygen atoms in total. The summed E-state index contributed by atoms with van der Waals surface area (Å²) in [6.45, 7) is 4.73. The van der Waals surface area contributed by atoms with Crippen LogP contribution in [0.25, 0.3) is 0 Å². The van der Waals surface area contributed by atoms with E-state index in [0.29, 0.717) is 12.6 Å². The first-order valence-corrected chi connectivity index (χ1v) is 6.81. The minimum atomic E-state index is -0.223. The van der Waals surface area contributed by atoms with E-state index in [9.17, 15) is 4.79 Å². The van der Waals surface area contributed by atoms with Gasteiger partial charge < -0.3 is 15.4 Å². The zero-order valence-corrected chi connectivity index (χ0v) is 10.9. The third-order valence-corrected chi connectivity index (χ3v) is 4.06. The Kier molecular flexibility index (Phi) is 4.05. The lowest BCUT2D eigenvalue weighted by Gasteiger charge is -2.41. The zero-order chi connectivity index (χ0) is 12.4. The maximum atomic E-state index is 12.5. The third kappa shape index (κ3) is 2.63. The van der Waals surface area contributed by atoms with Crippen molar-refractivity contribution in [2.75, 3.05) is 6.54 Å². The number of likely N-dealkylation sites (tertiary alicyclic amines) is 1. The highest BCUT2D eigenvalue weighted by Gasteiger charge is 2.37. The third-order valence-electron chi connectivity index (χ3n) is 4.06. The van der Waals surface area contributed by atoms with Crippen LogP contribution in [-0.4, -0.2) is 41.6 Å². The summed E-state index contributed by atoms with van der Waals surface area (Å²) in [6.07, 6.45) is 5.15. The quantitative estimate of drug-likeness (QED) is 0.791. The maximum Gasteiger partial charge on any atom is 0.252 e.